The van der Waals surface area contributed by atoms with E-state index in [1.165, 1.54) is 12.1 Å². The molecule has 6 nitrogen and oxygen atoms in total. The zero-order valence-electron chi connectivity index (χ0n) is 14.7. The number of aryl methyl sites for hydroxylation is 1. The minimum absolute atomic E-state index is 0.0592. The van der Waals surface area contributed by atoms with Crippen LogP contribution >= 0.6 is 15.9 Å². The third-order valence-corrected chi connectivity index (χ3v) is 5.31. The van der Waals surface area contributed by atoms with Crippen LogP contribution in [0.2, 0.25) is 0 Å². The molecule has 1 aromatic carbocycles. The zero-order valence-corrected chi connectivity index (χ0v) is 16.3. The summed E-state index contributed by atoms with van der Waals surface area (Å²) in [6, 6.07) is 6.31. The van der Waals surface area contributed by atoms with E-state index in [1.807, 2.05) is 23.9 Å². The molecule has 3 aromatic rings. The molecule has 1 saturated heterocycles. The number of carbonyl (C=O) groups is 1. The van der Waals surface area contributed by atoms with Crippen molar-refractivity contribution >= 4 is 44.2 Å². The van der Waals surface area contributed by atoms with Gasteiger partial charge < -0.3 is 19.5 Å². The smallest absolute Gasteiger partial charge is 0.257 e. The lowest BCUT2D eigenvalue weighted by Gasteiger charge is -2.27. The lowest BCUT2D eigenvalue weighted by atomic mass is 10.1. The number of ether oxygens (including phenoxy) is 1. The maximum Gasteiger partial charge on any atom is 0.257 e. The van der Waals surface area contributed by atoms with Crippen molar-refractivity contribution in [3.63, 3.8) is 0 Å². The van der Waals surface area contributed by atoms with Crippen LogP contribution in [0.5, 0.6) is 0 Å². The summed E-state index contributed by atoms with van der Waals surface area (Å²) >= 11 is 3.41. The highest BCUT2D eigenvalue weighted by molar-refractivity contribution is 9.10. The first kappa shape index (κ1) is 17.9. The van der Waals surface area contributed by atoms with E-state index >= 15 is 0 Å². The van der Waals surface area contributed by atoms with Crippen LogP contribution in [0.15, 0.2) is 41.1 Å². The molecule has 0 atom stereocenters. The normalized spacial score (nSPS) is 14.6. The molecule has 3 heterocycles. The Bertz CT molecular complexity index is 1010. The summed E-state index contributed by atoms with van der Waals surface area (Å²) in [4.78, 5) is 19.2. The van der Waals surface area contributed by atoms with Gasteiger partial charge in [0.15, 0.2) is 0 Å². The number of rotatable bonds is 3. The number of fused-ring (bicyclic) bond motifs is 1. The average Bonchev–Trinajstić information content (AvgIpc) is 3.07. The highest BCUT2D eigenvalue weighted by Crippen LogP contribution is 2.31. The predicted molar refractivity (Wildman–Crippen MR) is 105 cm³/mol. The maximum absolute atomic E-state index is 13.6. The second-order valence-corrected chi connectivity index (χ2v) is 7.22. The van der Waals surface area contributed by atoms with Gasteiger partial charge in [0, 0.05) is 42.4 Å². The number of benzene rings is 1. The number of hydrogen-bond acceptors (Lipinski definition) is 4. The van der Waals surface area contributed by atoms with Crippen molar-refractivity contribution in [1.29, 1.82) is 0 Å². The fourth-order valence-electron chi connectivity index (χ4n) is 3.23. The molecular weight excluding hydrogens is 415 g/mol. The summed E-state index contributed by atoms with van der Waals surface area (Å²) in [5.41, 5.74) is 1.90. The van der Waals surface area contributed by atoms with Crippen molar-refractivity contribution in [2.24, 2.45) is 7.05 Å². The van der Waals surface area contributed by atoms with Crippen LogP contribution in [0.25, 0.3) is 10.9 Å². The molecule has 4 rings (SSSR count). The summed E-state index contributed by atoms with van der Waals surface area (Å²) in [5, 5.41) is 3.96. The number of pyridine rings is 1. The molecule has 0 aliphatic carbocycles. The lowest BCUT2D eigenvalue weighted by Crippen LogP contribution is -2.40. The van der Waals surface area contributed by atoms with Gasteiger partial charge in [-0.15, -0.1) is 0 Å². The van der Waals surface area contributed by atoms with Gasteiger partial charge >= 0.3 is 0 Å². The van der Waals surface area contributed by atoms with Crippen LogP contribution in [0, 0.1) is 5.82 Å². The first-order valence-corrected chi connectivity index (χ1v) is 9.37. The van der Waals surface area contributed by atoms with E-state index in [9.17, 15) is 9.18 Å². The van der Waals surface area contributed by atoms with E-state index in [4.69, 9.17) is 4.74 Å². The number of morpholine rings is 1. The van der Waals surface area contributed by atoms with E-state index in [-0.39, 0.29) is 11.7 Å². The summed E-state index contributed by atoms with van der Waals surface area (Å²) in [5.74, 6) is 0.163. The Morgan fingerprint density at radius 1 is 1.30 bits per heavy atom. The van der Waals surface area contributed by atoms with Crippen LogP contribution in [-0.4, -0.2) is 46.7 Å². The van der Waals surface area contributed by atoms with Gasteiger partial charge in [-0.2, -0.15) is 0 Å². The number of nitrogens with zero attached hydrogens (tertiary/aromatic N) is 3. The largest absolute Gasteiger partial charge is 0.378 e. The van der Waals surface area contributed by atoms with Crippen LogP contribution in [0.4, 0.5) is 15.9 Å². The van der Waals surface area contributed by atoms with Gasteiger partial charge in [-0.3, -0.25) is 4.79 Å². The van der Waals surface area contributed by atoms with Crippen molar-refractivity contribution in [1.82, 2.24) is 14.5 Å². The second-order valence-electron chi connectivity index (χ2n) is 6.36. The SMILES string of the molecule is Cn1ccc2c(Nc3cc(F)ccc3Br)ncc(C(=O)N3CCOCC3)c21. The standard InChI is InChI=1S/C19H18BrFN4O2/c1-24-5-4-13-17(24)14(19(26)25-6-8-27-9-7-25)11-22-18(13)23-16-10-12(21)2-3-15(16)20/h2-5,10-11H,6-9H2,1H3,(H,22,23). The van der Waals surface area contributed by atoms with Gasteiger partial charge in [0.05, 0.1) is 30.0 Å². The predicted octanol–water partition coefficient (Wildman–Crippen LogP) is 3.69. The molecule has 1 aliphatic rings. The molecule has 1 amide bonds. The molecule has 2 aromatic heterocycles. The minimum Gasteiger partial charge on any atom is -0.378 e. The van der Waals surface area contributed by atoms with Gasteiger partial charge in [-0.25, -0.2) is 9.37 Å². The van der Waals surface area contributed by atoms with E-state index in [0.717, 1.165) is 15.4 Å². The summed E-state index contributed by atoms with van der Waals surface area (Å²) < 4.78 is 21.6. The monoisotopic (exact) mass is 432 g/mol. The number of halogens is 2. The Hall–Kier alpha value is -2.45. The molecule has 27 heavy (non-hydrogen) atoms. The van der Waals surface area contributed by atoms with E-state index in [0.29, 0.717) is 43.4 Å². The van der Waals surface area contributed by atoms with E-state index in [1.54, 1.807) is 17.2 Å². The van der Waals surface area contributed by atoms with Crippen LogP contribution in [0.3, 0.4) is 0 Å². The van der Waals surface area contributed by atoms with Crippen LogP contribution in [0.1, 0.15) is 10.4 Å². The topological polar surface area (TPSA) is 59.4 Å². The lowest BCUT2D eigenvalue weighted by molar-refractivity contribution is 0.0303. The highest BCUT2D eigenvalue weighted by Gasteiger charge is 2.23. The van der Waals surface area contributed by atoms with Gasteiger partial charge in [-0.1, -0.05) is 0 Å². The van der Waals surface area contributed by atoms with Crippen molar-refractivity contribution in [3.05, 3.63) is 52.5 Å². The number of anilines is 2. The summed E-state index contributed by atoms with van der Waals surface area (Å²) in [6.45, 7) is 2.23. The third-order valence-electron chi connectivity index (χ3n) is 4.62. The number of nitrogens with one attached hydrogen (secondary N) is 1. The third kappa shape index (κ3) is 3.42. The number of aromatic nitrogens is 2. The fourth-order valence-corrected chi connectivity index (χ4v) is 3.58. The fraction of sp³-hybridized carbons (Fsp3) is 0.263. The van der Waals surface area contributed by atoms with Crippen molar-refractivity contribution in [2.45, 2.75) is 0 Å². The Morgan fingerprint density at radius 2 is 2.07 bits per heavy atom. The van der Waals surface area contributed by atoms with Gasteiger partial charge in [0.1, 0.15) is 11.6 Å². The van der Waals surface area contributed by atoms with Gasteiger partial charge in [0.2, 0.25) is 0 Å². The second kappa shape index (κ2) is 7.28. The Morgan fingerprint density at radius 3 is 2.85 bits per heavy atom. The Labute approximate surface area is 164 Å². The quantitative estimate of drug-likeness (QED) is 0.685. The first-order valence-electron chi connectivity index (χ1n) is 8.58. The maximum atomic E-state index is 13.6. The number of amides is 1. The summed E-state index contributed by atoms with van der Waals surface area (Å²) in [6.07, 6.45) is 3.46. The molecule has 1 fully saturated rings. The van der Waals surface area contributed by atoms with E-state index in [2.05, 4.69) is 26.2 Å². The zero-order chi connectivity index (χ0) is 19.0. The van der Waals surface area contributed by atoms with Crippen molar-refractivity contribution in [3.8, 4) is 0 Å². The van der Waals surface area contributed by atoms with E-state index < -0.39 is 0 Å². The first-order chi connectivity index (χ1) is 13.0. The molecule has 1 aliphatic heterocycles. The molecule has 0 radical (unpaired) electrons. The molecule has 1 N–H and O–H groups in total. The molecule has 0 spiro atoms. The minimum atomic E-state index is -0.343. The molecule has 140 valence electrons. The van der Waals surface area contributed by atoms with Crippen molar-refractivity contribution < 1.29 is 13.9 Å². The van der Waals surface area contributed by atoms with Gasteiger partial charge in [-0.05, 0) is 40.2 Å². The molecular formula is C19H18BrFN4O2. The molecule has 0 saturated carbocycles. The Balaban J connectivity index is 1.74. The van der Waals surface area contributed by atoms with Crippen molar-refractivity contribution in [2.75, 3.05) is 31.6 Å². The van der Waals surface area contributed by atoms with Crippen LogP contribution < -0.4 is 5.32 Å². The van der Waals surface area contributed by atoms with Crippen LogP contribution in [-0.2, 0) is 11.8 Å². The molecule has 8 heteroatoms. The number of hydrogen-bond donors (Lipinski definition) is 1. The average molecular weight is 433 g/mol. The molecule has 0 unspecified atom stereocenters. The number of carbonyl (C=O) groups excluding carboxylic acids is 1. The summed E-state index contributed by atoms with van der Waals surface area (Å²) in [7, 11) is 1.89. The molecule has 0 bridgehead atoms. The van der Waals surface area contributed by atoms with Gasteiger partial charge in [0.25, 0.3) is 5.91 Å². The highest BCUT2D eigenvalue weighted by atomic mass is 79.9. The Kier molecular flexibility index (Phi) is 4.84.